The number of fused-ring (bicyclic) bond motifs is 1. The zero-order valence-electron chi connectivity index (χ0n) is 10.5. The van der Waals surface area contributed by atoms with Gasteiger partial charge in [0.2, 0.25) is 0 Å². The number of methoxy groups -OCH3 is 1. The van der Waals surface area contributed by atoms with Gasteiger partial charge in [-0.1, -0.05) is 30.3 Å². The van der Waals surface area contributed by atoms with Crippen LogP contribution in [0.4, 0.5) is 5.69 Å². The Morgan fingerprint density at radius 1 is 1.11 bits per heavy atom. The second-order valence-electron chi connectivity index (χ2n) is 4.28. The molecular formula is C14H14N4O. The van der Waals surface area contributed by atoms with E-state index in [0.29, 0.717) is 5.69 Å². The van der Waals surface area contributed by atoms with Crippen LogP contribution in [0.2, 0.25) is 0 Å². The summed E-state index contributed by atoms with van der Waals surface area (Å²) in [5, 5.41) is 8.35. The highest BCUT2D eigenvalue weighted by Gasteiger charge is 2.19. The molecule has 0 saturated heterocycles. The van der Waals surface area contributed by atoms with E-state index in [9.17, 15) is 0 Å². The number of aromatic nitrogens is 3. The SMILES string of the molecule is COC(c1ccccc1)c1nnc2ccc(N)cn12. The second-order valence-corrected chi connectivity index (χ2v) is 4.28. The lowest BCUT2D eigenvalue weighted by molar-refractivity contribution is 0.128. The van der Waals surface area contributed by atoms with Crippen molar-refractivity contribution in [1.82, 2.24) is 14.6 Å². The minimum Gasteiger partial charge on any atom is -0.398 e. The van der Waals surface area contributed by atoms with E-state index >= 15 is 0 Å². The average molecular weight is 254 g/mol. The molecule has 0 aliphatic carbocycles. The number of hydrogen-bond acceptors (Lipinski definition) is 4. The maximum atomic E-state index is 5.82. The Balaban J connectivity index is 2.14. The van der Waals surface area contributed by atoms with Gasteiger partial charge < -0.3 is 10.5 Å². The van der Waals surface area contributed by atoms with Crippen LogP contribution < -0.4 is 5.73 Å². The number of anilines is 1. The summed E-state index contributed by atoms with van der Waals surface area (Å²) in [7, 11) is 1.66. The van der Waals surface area contributed by atoms with Crippen molar-refractivity contribution in [3.8, 4) is 0 Å². The normalized spacial score (nSPS) is 12.7. The highest BCUT2D eigenvalue weighted by molar-refractivity contribution is 5.47. The van der Waals surface area contributed by atoms with E-state index in [-0.39, 0.29) is 6.10 Å². The smallest absolute Gasteiger partial charge is 0.171 e. The number of ether oxygens (including phenoxy) is 1. The van der Waals surface area contributed by atoms with Crippen LogP contribution in [-0.4, -0.2) is 21.7 Å². The van der Waals surface area contributed by atoms with Gasteiger partial charge in [0.15, 0.2) is 11.5 Å². The quantitative estimate of drug-likeness (QED) is 0.776. The zero-order chi connectivity index (χ0) is 13.2. The first-order chi connectivity index (χ1) is 9.29. The number of nitrogens with two attached hydrogens (primary N) is 1. The van der Waals surface area contributed by atoms with Gasteiger partial charge in [0.1, 0.15) is 6.10 Å². The molecule has 0 fully saturated rings. The van der Waals surface area contributed by atoms with Crippen LogP contribution in [0.15, 0.2) is 48.7 Å². The van der Waals surface area contributed by atoms with Crippen molar-refractivity contribution in [3.63, 3.8) is 0 Å². The molecule has 19 heavy (non-hydrogen) atoms. The van der Waals surface area contributed by atoms with E-state index < -0.39 is 0 Å². The Morgan fingerprint density at radius 2 is 1.89 bits per heavy atom. The molecule has 2 heterocycles. The van der Waals surface area contributed by atoms with Gasteiger partial charge in [-0.05, 0) is 17.7 Å². The second kappa shape index (κ2) is 4.70. The third-order valence-corrected chi connectivity index (χ3v) is 3.02. The number of hydrogen-bond donors (Lipinski definition) is 1. The number of pyridine rings is 1. The van der Waals surface area contributed by atoms with Gasteiger partial charge in [-0.15, -0.1) is 10.2 Å². The first-order valence-corrected chi connectivity index (χ1v) is 5.97. The molecule has 1 aromatic carbocycles. The molecule has 0 aliphatic heterocycles. The summed E-state index contributed by atoms with van der Waals surface area (Å²) < 4.78 is 7.42. The fourth-order valence-electron chi connectivity index (χ4n) is 2.12. The maximum Gasteiger partial charge on any atom is 0.171 e. The molecular weight excluding hydrogens is 240 g/mol. The van der Waals surface area contributed by atoms with Crippen molar-refractivity contribution in [1.29, 1.82) is 0 Å². The fraction of sp³-hybridized carbons (Fsp3) is 0.143. The van der Waals surface area contributed by atoms with Crippen molar-refractivity contribution >= 4 is 11.3 Å². The van der Waals surface area contributed by atoms with Crippen LogP contribution in [-0.2, 0) is 4.74 Å². The van der Waals surface area contributed by atoms with Gasteiger partial charge in [-0.2, -0.15) is 0 Å². The number of nitrogen functional groups attached to an aromatic ring is 1. The van der Waals surface area contributed by atoms with Gasteiger partial charge >= 0.3 is 0 Å². The van der Waals surface area contributed by atoms with Crippen LogP contribution in [0, 0.1) is 0 Å². The molecule has 1 unspecified atom stereocenters. The molecule has 3 aromatic rings. The number of rotatable bonds is 3. The highest BCUT2D eigenvalue weighted by atomic mass is 16.5. The number of nitrogens with zero attached hydrogens (tertiary/aromatic N) is 3. The summed E-state index contributed by atoms with van der Waals surface area (Å²) in [4.78, 5) is 0. The summed E-state index contributed by atoms with van der Waals surface area (Å²) in [6, 6.07) is 13.6. The molecule has 0 radical (unpaired) electrons. The van der Waals surface area contributed by atoms with Crippen LogP contribution in [0.5, 0.6) is 0 Å². The van der Waals surface area contributed by atoms with E-state index in [1.165, 1.54) is 0 Å². The largest absolute Gasteiger partial charge is 0.398 e. The van der Waals surface area contributed by atoms with Gasteiger partial charge in [-0.25, -0.2) is 0 Å². The summed E-state index contributed by atoms with van der Waals surface area (Å²) in [5.74, 6) is 0.719. The predicted molar refractivity (Wildman–Crippen MR) is 72.7 cm³/mol. The first kappa shape index (κ1) is 11.7. The molecule has 0 spiro atoms. The van der Waals surface area contributed by atoms with Gasteiger partial charge in [0.05, 0.1) is 0 Å². The molecule has 3 rings (SSSR count). The van der Waals surface area contributed by atoms with E-state index in [0.717, 1.165) is 17.0 Å². The van der Waals surface area contributed by atoms with Crippen molar-refractivity contribution in [2.45, 2.75) is 6.10 Å². The molecule has 2 N–H and O–H groups in total. The molecule has 5 heteroatoms. The van der Waals surface area contributed by atoms with Gasteiger partial charge in [0, 0.05) is 19.0 Å². The van der Waals surface area contributed by atoms with Crippen LogP contribution in [0.1, 0.15) is 17.5 Å². The summed E-state index contributed by atoms with van der Waals surface area (Å²) >= 11 is 0. The molecule has 0 aliphatic rings. The number of benzene rings is 1. The van der Waals surface area contributed by atoms with E-state index in [1.807, 2.05) is 40.8 Å². The van der Waals surface area contributed by atoms with Gasteiger partial charge in [0.25, 0.3) is 0 Å². The molecule has 5 nitrogen and oxygen atoms in total. The van der Waals surface area contributed by atoms with Crippen LogP contribution >= 0.6 is 0 Å². The molecule has 1 atom stereocenters. The Hall–Kier alpha value is -2.40. The highest BCUT2D eigenvalue weighted by Crippen LogP contribution is 2.24. The topological polar surface area (TPSA) is 65.4 Å². The summed E-state index contributed by atoms with van der Waals surface area (Å²) in [5.41, 5.74) is 8.26. The maximum absolute atomic E-state index is 5.82. The van der Waals surface area contributed by atoms with Crippen LogP contribution in [0.25, 0.3) is 5.65 Å². The first-order valence-electron chi connectivity index (χ1n) is 5.97. The molecule has 0 amide bonds. The molecule has 2 aromatic heterocycles. The third-order valence-electron chi connectivity index (χ3n) is 3.02. The minimum absolute atomic E-state index is 0.266. The van der Waals surface area contributed by atoms with E-state index in [4.69, 9.17) is 10.5 Å². The zero-order valence-corrected chi connectivity index (χ0v) is 10.5. The lowest BCUT2D eigenvalue weighted by Crippen LogP contribution is -2.08. The lowest BCUT2D eigenvalue weighted by atomic mass is 10.1. The van der Waals surface area contributed by atoms with Crippen LogP contribution in [0.3, 0.4) is 0 Å². The Kier molecular flexibility index (Phi) is 2.89. The molecule has 96 valence electrons. The minimum atomic E-state index is -0.266. The Bertz CT molecular complexity index is 693. The third kappa shape index (κ3) is 2.04. The predicted octanol–water partition coefficient (Wildman–Crippen LogP) is 2.05. The van der Waals surface area contributed by atoms with E-state index in [1.54, 1.807) is 19.4 Å². The molecule has 0 bridgehead atoms. The van der Waals surface area contributed by atoms with E-state index in [2.05, 4.69) is 10.2 Å². The Labute approximate surface area is 110 Å². The fourth-order valence-corrected chi connectivity index (χ4v) is 2.12. The van der Waals surface area contributed by atoms with Gasteiger partial charge in [-0.3, -0.25) is 4.40 Å². The van der Waals surface area contributed by atoms with Crippen molar-refractivity contribution in [2.24, 2.45) is 0 Å². The lowest BCUT2D eigenvalue weighted by Gasteiger charge is -2.14. The summed E-state index contributed by atoms with van der Waals surface area (Å²) in [6.07, 6.45) is 1.54. The Morgan fingerprint density at radius 3 is 2.63 bits per heavy atom. The standard InChI is InChI=1S/C14H14N4O/c1-19-13(10-5-3-2-4-6-10)14-17-16-12-8-7-11(15)9-18(12)14/h2-9,13H,15H2,1H3. The van der Waals surface area contributed by atoms with Crippen molar-refractivity contribution in [3.05, 3.63) is 60.0 Å². The molecule has 0 saturated carbocycles. The van der Waals surface area contributed by atoms with Crippen molar-refractivity contribution in [2.75, 3.05) is 12.8 Å². The summed E-state index contributed by atoms with van der Waals surface area (Å²) in [6.45, 7) is 0. The average Bonchev–Trinajstić information content (AvgIpc) is 2.84. The van der Waals surface area contributed by atoms with Crippen molar-refractivity contribution < 1.29 is 4.74 Å². The monoisotopic (exact) mass is 254 g/mol.